The van der Waals surface area contributed by atoms with Crippen molar-refractivity contribution in [2.24, 2.45) is 0 Å². The van der Waals surface area contributed by atoms with Crippen LogP contribution in [0.4, 0.5) is 5.69 Å². The van der Waals surface area contributed by atoms with Gasteiger partial charge in [0.2, 0.25) is 21.8 Å². The van der Waals surface area contributed by atoms with Crippen LogP contribution in [-0.2, 0) is 32.6 Å². The van der Waals surface area contributed by atoms with Crippen LogP contribution in [-0.4, -0.2) is 62.4 Å². The Morgan fingerprint density at radius 3 is 2.49 bits per heavy atom. The van der Waals surface area contributed by atoms with E-state index in [2.05, 4.69) is 21.4 Å². The molecule has 242 valence electrons. The summed E-state index contributed by atoms with van der Waals surface area (Å²) in [6.45, 7) is 8.16. The van der Waals surface area contributed by atoms with E-state index in [1.54, 1.807) is 48.7 Å². The fourth-order valence-corrected chi connectivity index (χ4v) is 7.23. The molecule has 0 aliphatic carbocycles. The standard InChI is InChI=1S/C34H44N4O5S2/c1-6-36-45(42,43)31-10-8-7-9-28(31)25-13-11-24(12-14-25)22-38-30-18-16-27(44-5)19-26(30)15-17-29(33(38)41)37-32(40)20-34(3,4)35-21-23(2)39/h7-14,16,18-19,23,29,35-36,39H,6,15,17,20-22H2,1-5H3,(H,37,40)/t23-,29-/m1/s1. The van der Waals surface area contributed by atoms with Crippen molar-refractivity contribution >= 4 is 39.3 Å². The van der Waals surface area contributed by atoms with Gasteiger partial charge in [0.25, 0.3) is 0 Å². The molecule has 45 heavy (non-hydrogen) atoms. The quantitative estimate of drug-likeness (QED) is 0.201. The molecule has 2 atom stereocenters. The summed E-state index contributed by atoms with van der Waals surface area (Å²) in [4.78, 5) is 30.3. The van der Waals surface area contributed by atoms with Crippen LogP contribution >= 0.6 is 11.8 Å². The van der Waals surface area contributed by atoms with Crippen molar-refractivity contribution in [3.05, 3.63) is 77.9 Å². The minimum Gasteiger partial charge on any atom is -0.392 e. The summed E-state index contributed by atoms with van der Waals surface area (Å²) in [7, 11) is -3.66. The largest absolute Gasteiger partial charge is 0.392 e. The van der Waals surface area contributed by atoms with E-state index in [1.807, 2.05) is 62.6 Å². The molecule has 4 N–H and O–H groups in total. The lowest BCUT2D eigenvalue weighted by atomic mass is 9.99. The van der Waals surface area contributed by atoms with Gasteiger partial charge in [0.1, 0.15) is 6.04 Å². The number of aryl methyl sites for hydroxylation is 1. The van der Waals surface area contributed by atoms with Crippen molar-refractivity contribution in [2.45, 2.75) is 81.0 Å². The van der Waals surface area contributed by atoms with E-state index in [1.165, 1.54) is 0 Å². The topological polar surface area (TPSA) is 128 Å². The van der Waals surface area contributed by atoms with Crippen LogP contribution in [0, 0.1) is 0 Å². The Balaban J connectivity index is 1.59. The molecule has 0 bridgehead atoms. The van der Waals surface area contributed by atoms with Crippen LogP contribution < -0.4 is 20.3 Å². The number of benzene rings is 3. The Kier molecular flexibility index (Phi) is 11.5. The van der Waals surface area contributed by atoms with Gasteiger partial charge in [0, 0.05) is 41.2 Å². The summed E-state index contributed by atoms with van der Waals surface area (Å²) in [5, 5.41) is 15.8. The molecule has 0 saturated carbocycles. The van der Waals surface area contributed by atoms with E-state index in [0.717, 1.165) is 27.3 Å². The van der Waals surface area contributed by atoms with Gasteiger partial charge in [-0.15, -0.1) is 11.8 Å². The number of aliphatic hydroxyl groups excluding tert-OH is 1. The molecule has 9 nitrogen and oxygen atoms in total. The zero-order valence-corrected chi connectivity index (χ0v) is 28.2. The first-order chi connectivity index (χ1) is 21.3. The van der Waals surface area contributed by atoms with E-state index in [-0.39, 0.29) is 29.7 Å². The number of fused-ring (bicyclic) bond motifs is 1. The molecular formula is C34H44N4O5S2. The lowest BCUT2D eigenvalue weighted by Crippen LogP contribution is -2.51. The van der Waals surface area contributed by atoms with E-state index in [4.69, 9.17) is 0 Å². The lowest BCUT2D eigenvalue weighted by molar-refractivity contribution is -0.128. The zero-order valence-electron chi connectivity index (χ0n) is 26.6. The van der Waals surface area contributed by atoms with Gasteiger partial charge in [-0.05, 0) is 80.8 Å². The van der Waals surface area contributed by atoms with Gasteiger partial charge in [-0.25, -0.2) is 13.1 Å². The van der Waals surface area contributed by atoms with Crippen LogP contribution in [0.2, 0.25) is 0 Å². The monoisotopic (exact) mass is 652 g/mol. The van der Waals surface area contributed by atoms with E-state index < -0.39 is 27.7 Å². The number of anilines is 1. The maximum atomic E-state index is 14.1. The van der Waals surface area contributed by atoms with Crippen molar-refractivity contribution < 1.29 is 23.1 Å². The molecule has 1 aliphatic rings. The molecule has 0 aromatic heterocycles. The molecule has 0 spiro atoms. The summed E-state index contributed by atoms with van der Waals surface area (Å²) in [6, 6.07) is 19.8. The van der Waals surface area contributed by atoms with Gasteiger partial charge < -0.3 is 20.6 Å². The number of thioether (sulfide) groups is 1. The van der Waals surface area contributed by atoms with Gasteiger partial charge in [0.15, 0.2) is 0 Å². The van der Waals surface area contributed by atoms with Crippen molar-refractivity contribution in [3.8, 4) is 11.1 Å². The Hall–Kier alpha value is -3.22. The van der Waals surface area contributed by atoms with Gasteiger partial charge in [-0.1, -0.05) is 49.4 Å². The van der Waals surface area contributed by atoms with Crippen LogP contribution in [0.3, 0.4) is 0 Å². The van der Waals surface area contributed by atoms with Gasteiger partial charge >= 0.3 is 0 Å². The molecule has 3 aromatic carbocycles. The van der Waals surface area contributed by atoms with Gasteiger partial charge in [-0.2, -0.15) is 0 Å². The number of nitrogens with zero attached hydrogens (tertiary/aromatic N) is 1. The van der Waals surface area contributed by atoms with E-state index in [9.17, 15) is 23.1 Å². The highest BCUT2D eigenvalue weighted by molar-refractivity contribution is 7.98. The molecule has 0 saturated heterocycles. The minimum absolute atomic E-state index is 0.152. The zero-order chi connectivity index (χ0) is 32.8. The summed E-state index contributed by atoms with van der Waals surface area (Å²) in [6.07, 6.45) is 2.74. The minimum atomic E-state index is -3.66. The molecule has 1 aliphatic heterocycles. The first-order valence-electron chi connectivity index (χ1n) is 15.2. The normalized spacial score (nSPS) is 16.2. The Labute approximate surface area is 271 Å². The molecule has 0 radical (unpaired) electrons. The number of amides is 2. The molecule has 0 unspecified atom stereocenters. The number of hydrogen-bond acceptors (Lipinski definition) is 7. The third kappa shape index (κ3) is 8.95. The average molecular weight is 653 g/mol. The second kappa shape index (κ2) is 14.9. The maximum Gasteiger partial charge on any atom is 0.249 e. The molecule has 1 heterocycles. The third-order valence-electron chi connectivity index (χ3n) is 7.77. The number of hydrogen-bond donors (Lipinski definition) is 4. The highest BCUT2D eigenvalue weighted by Crippen LogP contribution is 2.33. The van der Waals surface area contributed by atoms with Gasteiger partial charge in [0.05, 0.1) is 17.5 Å². The SMILES string of the molecule is CCNS(=O)(=O)c1ccccc1-c1ccc(CN2C(=O)[C@H](NC(=O)CC(C)(C)NC[C@@H](C)O)CCc3cc(SC)ccc32)cc1. The lowest BCUT2D eigenvalue weighted by Gasteiger charge is -2.29. The third-order valence-corrected chi connectivity index (χ3v) is 10.1. The second-order valence-electron chi connectivity index (χ2n) is 12.1. The number of aliphatic hydroxyl groups is 1. The number of sulfonamides is 1. The predicted molar refractivity (Wildman–Crippen MR) is 181 cm³/mol. The van der Waals surface area contributed by atoms with Crippen LogP contribution in [0.5, 0.6) is 0 Å². The summed E-state index contributed by atoms with van der Waals surface area (Å²) >= 11 is 1.64. The molecule has 11 heteroatoms. The Bertz CT molecular complexity index is 1610. The number of carbonyl (C=O) groups is 2. The summed E-state index contributed by atoms with van der Waals surface area (Å²) in [5.41, 5.74) is 3.52. The Morgan fingerprint density at radius 2 is 1.82 bits per heavy atom. The van der Waals surface area contributed by atoms with Crippen molar-refractivity contribution in [1.29, 1.82) is 0 Å². The van der Waals surface area contributed by atoms with Crippen LogP contribution in [0.15, 0.2) is 76.5 Å². The summed E-state index contributed by atoms with van der Waals surface area (Å²) < 4.78 is 28.2. The van der Waals surface area contributed by atoms with Gasteiger partial charge in [-0.3, -0.25) is 9.59 Å². The molecule has 0 fully saturated rings. The number of nitrogens with one attached hydrogen (secondary N) is 3. The fourth-order valence-electron chi connectivity index (χ4n) is 5.49. The summed E-state index contributed by atoms with van der Waals surface area (Å²) in [5.74, 6) is -0.414. The number of rotatable bonds is 13. The second-order valence-corrected chi connectivity index (χ2v) is 14.7. The van der Waals surface area contributed by atoms with Crippen molar-refractivity contribution in [3.63, 3.8) is 0 Å². The fraction of sp³-hybridized carbons (Fsp3) is 0.412. The van der Waals surface area contributed by atoms with E-state index in [0.29, 0.717) is 31.5 Å². The smallest absolute Gasteiger partial charge is 0.249 e. The maximum absolute atomic E-state index is 14.1. The van der Waals surface area contributed by atoms with Crippen LogP contribution in [0.1, 0.15) is 51.7 Å². The number of β-amino-alcohol motifs (C(OH)–C–C–N with tert-alkyl or cyclic N) is 1. The molecular weight excluding hydrogens is 609 g/mol. The molecule has 3 aromatic rings. The van der Waals surface area contributed by atoms with Crippen molar-refractivity contribution in [1.82, 2.24) is 15.4 Å². The molecule has 4 rings (SSSR count). The van der Waals surface area contributed by atoms with Crippen LogP contribution in [0.25, 0.3) is 11.1 Å². The van der Waals surface area contributed by atoms with Crippen molar-refractivity contribution in [2.75, 3.05) is 24.2 Å². The van der Waals surface area contributed by atoms with E-state index >= 15 is 0 Å². The number of carbonyl (C=O) groups excluding carboxylic acids is 2. The predicted octanol–water partition coefficient (Wildman–Crippen LogP) is 4.48. The molecule has 2 amide bonds. The average Bonchev–Trinajstić information content (AvgIpc) is 3.12. The first kappa shape index (κ1) is 34.6. The Morgan fingerprint density at radius 1 is 1.11 bits per heavy atom. The first-order valence-corrected chi connectivity index (χ1v) is 17.9. The highest BCUT2D eigenvalue weighted by atomic mass is 32.2. The highest BCUT2D eigenvalue weighted by Gasteiger charge is 2.33.